The van der Waals surface area contributed by atoms with Gasteiger partial charge in [-0.05, 0) is 18.2 Å². The van der Waals surface area contributed by atoms with Crippen molar-refractivity contribution in [2.75, 3.05) is 39.5 Å². The normalized spacial score (nSPS) is 16.3. The lowest BCUT2D eigenvalue weighted by molar-refractivity contribution is 0.0320. The van der Waals surface area contributed by atoms with Crippen LogP contribution in [0.25, 0.3) is 0 Å². The number of rotatable bonds is 5. The van der Waals surface area contributed by atoms with E-state index in [1.807, 2.05) is 0 Å². The highest BCUT2D eigenvalue weighted by molar-refractivity contribution is 5.87. The summed E-state index contributed by atoms with van der Waals surface area (Å²) >= 11 is 0. The van der Waals surface area contributed by atoms with E-state index in [1.165, 1.54) is 12.1 Å². The largest absolute Gasteiger partial charge is 0.489 e. The second-order valence-corrected chi connectivity index (χ2v) is 4.25. The number of carbonyl (C=O) groups is 1. The predicted molar refractivity (Wildman–Crippen MR) is 66.1 cm³/mol. The van der Waals surface area contributed by atoms with Crippen molar-refractivity contribution in [3.8, 4) is 5.75 Å². The molecule has 1 aliphatic heterocycles. The summed E-state index contributed by atoms with van der Waals surface area (Å²) in [7, 11) is 0. The summed E-state index contributed by atoms with van der Waals surface area (Å²) in [6.45, 7) is 4.18. The third-order valence-corrected chi connectivity index (χ3v) is 2.95. The highest BCUT2D eigenvalue weighted by Crippen LogP contribution is 2.18. The van der Waals surface area contributed by atoms with Crippen LogP contribution in [-0.2, 0) is 4.74 Å². The van der Waals surface area contributed by atoms with Crippen LogP contribution in [0, 0.1) is 5.82 Å². The zero-order valence-electron chi connectivity index (χ0n) is 10.5. The average molecular weight is 269 g/mol. The standard InChI is InChI=1S/C13H16FNO4/c14-11-9-10(13(16)17)1-2-12(11)19-8-5-15-3-6-18-7-4-15/h1-2,9H,3-8H2,(H,16,17). The van der Waals surface area contributed by atoms with Crippen LogP contribution in [0.1, 0.15) is 10.4 Å². The summed E-state index contributed by atoms with van der Waals surface area (Å²) < 4.78 is 24.1. The van der Waals surface area contributed by atoms with Crippen molar-refractivity contribution in [2.45, 2.75) is 0 Å². The number of nitrogens with zero attached hydrogens (tertiary/aromatic N) is 1. The van der Waals surface area contributed by atoms with Crippen LogP contribution in [0.4, 0.5) is 4.39 Å². The lowest BCUT2D eigenvalue weighted by Crippen LogP contribution is -2.38. The van der Waals surface area contributed by atoms with E-state index < -0.39 is 11.8 Å². The Morgan fingerprint density at radius 2 is 2.16 bits per heavy atom. The first kappa shape index (κ1) is 13.8. The molecule has 0 atom stereocenters. The van der Waals surface area contributed by atoms with Gasteiger partial charge in [-0.3, -0.25) is 4.90 Å². The van der Waals surface area contributed by atoms with E-state index in [0.717, 1.165) is 19.2 Å². The van der Waals surface area contributed by atoms with E-state index in [0.29, 0.717) is 26.4 Å². The van der Waals surface area contributed by atoms with Crippen LogP contribution in [0.5, 0.6) is 5.75 Å². The molecule has 0 unspecified atom stereocenters. The minimum Gasteiger partial charge on any atom is -0.489 e. The van der Waals surface area contributed by atoms with Gasteiger partial charge in [-0.15, -0.1) is 0 Å². The Balaban J connectivity index is 1.83. The molecule has 0 radical (unpaired) electrons. The molecule has 5 nitrogen and oxygen atoms in total. The van der Waals surface area contributed by atoms with Gasteiger partial charge >= 0.3 is 5.97 Å². The molecule has 1 N–H and O–H groups in total. The van der Waals surface area contributed by atoms with Gasteiger partial charge in [0.1, 0.15) is 6.61 Å². The summed E-state index contributed by atoms with van der Waals surface area (Å²) in [5.74, 6) is -1.72. The Kier molecular flexibility index (Phi) is 4.70. The number of carboxylic acid groups (broad SMARTS) is 1. The fourth-order valence-corrected chi connectivity index (χ4v) is 1.86. The van der Waals surface area contributed by atoms with Gasteiger partial charge < -0.3 is 14.6 Å². The molecule has 1 heterocycles. The monoisotopic (exact) mass is 269 g/mol. The average Bonchev–Trinajstić information content (AvgIpc) is 2.41. The Bertz CT molecular complexity index is 446. The van der Waals surface area contributed by atoms with E-state index in [-0.39, 0.29) is 11.3 Å². The SMILES string of the molecule is O=C(O)c1ccc(OCCN2CCOCC2)c(F)c1. The maximum atomic E-state index is 13.6. The Hall–Kier alpha value is -1.66. The Morgan fingerprint density at radius 3 is 2.79 bits per heavy atom. The number of benzene rings is 1. The van der Waals surface area contributed by atoms with Gasteiger partial charge in [-0.25, -0.2) is 9.18 Å². The highest BCUT2D eigenvalue weighted by atomic mass is 19.1. The van der Waals surface area contributed by atoms with Gasteiger partial charge in [0.2, 0.25) is 0 Å². The van der Waals surface area contributed by atoms with Crippen LogP contribution < -0.4 is 4.74 Å². The summed E-state index contributed by atoms with van der Waals surface area (Å²) in [5, 5.41) is 8.72. The van der Waals surface area contributed by atoms with E-state index >= 15 is 0 Å². The molecule has 0 spiro atoms. The first-order valence-electron chi connectivity index (χ1n) is 6.12. The van der Waals surface area contributed by atoms with E-state index in [1.54, 1.807) is 0 Å². The van der Waals surface area contributed by atoms with Gasteiger partial charge in [-0.1, -0.05) is 0 Å². The molecule has 1 aliphatic rings. The fraction of sp³-hybridized carbons (Fsp3) is 0.462. The molecule has 0 amide bonds. The molecule has 0 aliphatic carbocycles. The minimum absolute atomic E-state index is 0.0817. The van der Waals surface area contributed by atoms with Crippen molar-refractivity contribution in [2.24, 2.45) is 0 Å². The van der Waals surface area contributed by atoms with Gasteiger partial charge in [-0.2, -0.15) is 0 Å². The van der Waals surface area contributed by atoms with Gasteiger partial charge in [0.25, 0.3) is 0 Å². The molecule has 1 fully saturated rings. The van der Waals surface area contributed by atoms with Gasteiger partial charge in [0.15, 0.2) is 11.6 Å². The molecule has 1 aromatic carbocycles. The quantitative estimate of drug-likeness (QED) is 0.871. The van der Waals surface area contributed by atoms with Crippen molar-refractivity contribution in [1.29, 1.82) is 0 Å². The first-order valence-corrected chi connectivity index (χ1v) is 6.12. The van der Waals surface area contributed by atoms with Crippen LogP contribution in [0.3, 0.4) is 0 Å². The number of carboxylic acids is 1. The van der Waals surface area contributed by atoms with Crippen LogP contribution in [0.2, 0.25) is 0 Å². The first-order chi connectivity index (χ1) is 9.16. The molecule has 2 rings (SSSR count). The highest BCUT2D eigenvalue weighted by Gasteiger charge is 2.12. The van der Waals surface area contributed by atoms with Crippen LogP contribution >= 0.6 is 0 Å². The second kappa shape index (κ2) is 6.49. The fourth-order valence-electron chi connectivity index (χ4n) is 1.86. The topological polar surface area (TPSA) is 59.0 Å². The lowest BCUT2D eigenvalue weighted by Gasteiger charge is -2.26. The molecule has 0 saturated carbocycles. The second-order valence-electron chi connectivity index (χ2n) is 4.25. The molecule has 1 saturated heterocycles. The predicted octanol–water partition coefficient (Wildman–Crippen LogP) is 1.23. The number of hydrogen-bond acceptors (Lipinski definition) is 4. The molecule has 6 heteroatoms. The molecule has 19 heavy (non-hydrogen) atoms. The third-order valence-electron chi connectivity index (χ3n) is 2.95. The molecular weight excluding hydrogens is 253 g/mol. The number of morpholine rings is 1. The maximum absolute atomic E-state index is 13.6. The number of halogens is 1. The summed E-state index contributed by atoms with van der Waals surface area (Å²) in [4.78, 5) is 12.8. The van der Waals surface area contributed by atoms with Crippen molar-refractivity contribution in [3.05, 3.63) is 29.6 Å². The van der Waals surface area contributed by atoms with Crippen LogP contribution in [0.15, 0.2) is 18.2 Å². The zero-order chi connectivity index (χ0) is 13.7. The van der Waals surface area contributed by atoms with E-state index in [9.17, 15) is 9.18 Å². The molecule has 104 valence electrons. The van der Waals surface area contributed by atoms with Crippen molar-refractivity contribution >= 4 is 5.97 Å². The van der Waals surface area contributed by atoms with Crippen molar-refractivity contribution in [3.63, 3.8) is 0 Å². The number of hydrogen-bond donors (Lipinski definition) is 1. The zero-order valence-corrected chi connectivity index (χ0v) is 10.5. The van der Waals surface area contributed by atoms with Crippen molar-refractivity contribution < 1.29 is 23.8 Å². The molecule has 1 aromatic rings. The van der Waals surface area contributed by atoms with Crippen molar-refractivity contribution in [1.82, 2.24) is 4.90 Å². The van der Waals surface area contributed by atoms with E-state index in [4.69, 9.17) is 14.6 Å². The number of aromatic carboxylic acids is 1. The Morgan fingerprint density at radius 1 is 1.42 bits per heavy atom. The van der Waals surface area contributed by atoms with E-state index in [2.05, 4.69) is 4.90 Å². The summed E-state index contributed by atoms with van der Waals surface area (Å²) in [6.07, 6.45) is 0. The minimum atomic E-state index is -1.15. The maximum Gasteiger partial charge on any atom is 0.335 e. The molecular formula is C13H16FNO4. The summed E-state index contributed by atoms with van der Waals surface area (Å²) in [6, 6.07) is 3.64. The smallest absolute Gasteiger partial charge is 0.335 e. The van der Waals surface area contributed by atoms with Crippen LogP contribution in [-0.4, -0.2) is 55.4 Å². The van der Waals surface area contributed by atoms with Gasteiger partial charge in [0.05, 0.1) is 18.8 Å². The van der Waals surface area contributed by atoms with Gasteiger partial charge in [0, 0.05) is 19.6 Å². The molecule has 0 bridgehead atoms. The third kappa shape index (κ3) is 3.90. The molecule has 0 aromatic heterocycles. The Labute approximate surface area is 110 Å². The summed E-state index contributed by atoms with van der Waals surface area (Å²) in [5.41, 5.74) is -0.0852. The lowest BCUT2D eigenvalue weighted by atomic mass is 10.2. The number of ether oxygens (including phenoxy) is 2.